The predicted octanol–water partition coefficient (Wildman–Crippen LogP) is 3.61. The minimum atomic E-state index is -4.47. The van der Waals surface area contributed by atoms with Gasteiger partial charge in [-0.15, -0.1) is 0 Å². The molecule has 1 aromatic heterocycles. The molecule has 90 valence electrons. The molecule has 1 N–H and O–H groups in total. The second-order valence-electron chi connectivity index (χ2n) is 3.97. The molecular weight excluding hydrogens is 231 g/mol. The standard InChI is InChI=1S/C12H10F3NO/c1-7-2-3-10-8(4-7)9(6-16-10)11(17)5-12(13,14)15/h2-4,6,16H,5H2,1H3. The molecule has 5 heteroatoms. The van der Waals surface area contributed by atoms with Crippen molar-refractivity contribution in [1.29, 1.82) is 0 Å². The third kappa shape index (κ3) is 2.49. The van der Waals surface area contributed by atoms with Gasteiger partial charge in [0.1, 0.15) is 6.42 Å². The second-order valence-corrected chi connectivity index (χ2v) is 3.97. The largest absolute Gasteiger partial charge is 0.396 e. The summed E-state index contributed by atoms with van der Waals surface area (Å²) in [5.74, 6) is -0.908. The molecule has 2 nitrogen and oxygen atoms in total. The Bertz CT molecular complexity index is 569. The summed E-state index contributed by atoms with van der Waals surface area (Å²) in [5, 5.41) is 0.541. The van der Waals surface area contributed by atoms with Crippen LogP contribution in [0, 0.1) is 6.92 Å². The highest BCUT2D eigenvalue weighted by Crippen LogP contribution is 2.26. The van der Waals surface area contributed by atoms with Gasteiger partial charge in [-0.2, -0.15) is 13.2 Å². The van der Waals surface area contributed by atoms with Gasteiger partial charge in [0, 0.05) is 22.7 Å². The Kier molecular flexibility index (Phi) is 2.69. The third-order valence-electron chi connectivity index (χ3n) is 2.50. The van der Waals surface area contributed by atoms with E-state index in [9.17, 15) is 18.0 Å². The van der Waals surface area contributed by atoms with E-state index in [0.29, 0.717) is 10.9 Å². The van der Waals surface area contributed by atoms with Gasteiger partial charge in [0.25, 0.3) is 0 Å². The van der Waals surface area contributed by atoms with Crippen molar-refractivity contribution in [3.8, 4) is 0 Å². The van der Waals surface area contributed by atoms with Crippen LogP contribution >= 0.6 is 0 Å². The van der Waals surface area contributed by atoms with Gasteiger partial charge in [0.05, 0.1) is 0 Å². The lowest BCUT2D eigenvalue weighted by molar-refractivity contribution is -0.125. The Balaban J connectivity index is 2.42. The quantitative estimate of drug-likeness (QED) is 0.800. The number of aromatic amines is 1. The number of halogens is 3. The van der Waals surface area contributed by atoms with E-state index in [1.165, 1.54) is 6.20 Å². The Morgan fingerprint density at radius 3 is 2.71 bits per heavy atom. The number of ketones is 1. The fourth-order valence-electron chi connectivity index (χ4n) is 1.74. The number of rotatable bonds is 2. The molecular formula is C12H10F3NO. The lowest BCUT2D eigenvalue weighted by Crippen LogP contribution is -2.14. The zero-order chi connectivity index (χ0) is 12.6. The summed E-state index contributed by atoms with van der Waals surface area (Å²) in [6.07, 6.45) is -4.56. The average Bonchev–Trinajstić information content (AvgIpc) is 2.57. The lowest BCUT2D eigenvalue weighted by Gasteiger charge is -2.04. The summed E-state index contributed by atoms with van der Waals surface area (Å²) >= 11 is 0. The number of aromatic nitrogens is 1. The number of hydrogen-bond donors (Lipinski definition) is 1. The number of carbonyl (C=O) groups is 1. The highest BCUT2D eigenvalue weighted by Gasteiger charge is 2.32. The maximum atomic E-state index is 12.1. The molecule has 1 heterocycles. The molecule has 2 rings (SSSR count). The van der Waals surface area contributed by atoms with Crippen LogP contribution in [0.4, 0.5) is 13.2 Å². The van der Waals surface area contributed by atoms with E-state index in [2.05, 4.69) is 4.98 Å². The molecule has 0 aliphatic heterocycles. The van der Waals surface area contributed by atoms with Gasteiger partial charge < -0.3 is 4.98 Å². The number of H-pyrrole nitrogens is 1. The molecule has 0 spiro atoms. The first-order chi connectivity index (χ1) is 7.87. The summed E-state index contributed by atoms with van der Waals surface area (Å²) in [5.41, 5.74) is 1.67. The van der Waals surface area contributed by atoms with Gasteiger partial charge in [0.15, 0.2) is 5.78 Å². The van der Waals surface area contributed by atoms with E-state index >= 15 is 0 Å². The summed E-state index contributed by atoms with van der Waals surface area (Å²) in [7, 11) is 0. The van der Waals surface area contributed by atoms with Crippen LogP contribution in [0.25, 0.3) is 10.9 Å². The summed E-state index contributed by atoms with van der Waals surface area (Å²) in [6, 6.07) is 5.28. The van der Waals surface area contributed by atoms with Gasteiger partial charge in [-0.1, -0.05) is 11.6 Å². The van der Waals surface area contributed by atoms with Crippen molar-refractivity contribution >= 4 is 16.7 Å². The highest BCUT2D eigenvalue weighted by molar-refractivity contribution is 6.08. The molecule has 0 aliphatic rings. The van der Waals surface area contributed by atoms with Crippen molar-refractivity contribution in [2.75, 3.05) is 0 Å². The minimum absolute atomic E-state index is 0.0982. The van der Waals surface area contributed by atoms with Crippen LogP contribution < -0.4 is 0 Å². The summed E-state index contributed by atoms with van der Waals surface area (Å²) in [4.78, 5) is 14.3. The van der Waals surface area contributed by atoms with Crippen molar-refractivity contribution in [3.05, 3.63) is 35.5 Å². The van der Waals surface area contributed by atoms with Crippen LogP contribution in [0.1, 0.15) is 22.3 Å². The number of nitrogens with one attached hydrogen (secondary N) is 1. The van der Waals surface area contributed by atoms with Gasteiger partial charge >= 0.3 is 6.18 Å². The van der Waals surface area contributed by atoms with Crippen LogP contribution in [0.2, 0.25) is 0 Å². The maximum absolute atomic E-state index is 12.1. The molecule has 0 radical (unpaired) electrons. The normalized spacial score (nSPS) is 12.0. The van der Waals surface area contributed by atoms with E-state index in [1.54, 1.807) is 12.1 Å². The fourth-order valence-corrected chi connectivity index (χ4v) is 1.74. The van der Waals surface area contributed by atoms with E-state index in [-0.39, 0.29) is 5.56 Å². The number of fused-ring (bicyclic) bond motifs is 1. The topological polar surface area (TPSA) is 32.9 Å². The van der Waals surface area contributed by atoms with Crippen molar-refractivity contribution in [2.45, 2.75) is 19.5 Å². The zero-order valence-corrected chi connectivity index (χ0v) is 9.06. The summed E-state index contributed by atoms with van der Waals surface area (Å²) in [6.45, 7) is 1.82. The van der Waals surface area contributed by atoms with Crippen LogP contribution in [0.3, 0.4) is 0 Å². The van der Waals surface area contributed by atoms with Gasteiger partial charge in [-0.3, -0.25) is 4.79 Å². The number of alkyl halides is 3. The van der Waals surface area contributed by atoms with Crippen molar-refractivity contribution < 1.29 is 18.0 Å². The van der Waals surface area contributed by atoms with Crippen LogP contribution in [-0.4, -0.2) is 16.9 Å². The van der Waals surface area contributed by atoms with Crippen LogP contribution in [-0.2, 0) is 0 Å². The Hall–Kier alpha value is -1.78. The molecule has 0 bridgehead atoms. The Labute approximate surface area is 95.4 Å². The molecule has 0 saturated heterocycles. The molecule has 17 heavy (non-hydrogen) atoms. The first-order valence-corrected chi connectivity index (χ1v) is 5.04. The van der Waals surface area contributed by atoms with Gasteiger partial charge in [0.2, 0.25) is 0 Å². The number of Topliss-reactive ketones (excluding diaryl/α,β-unsaturated/α-hetero) is 1. The van der Waals surface area contributed by atoms with E-state index in [4.69, 9.17) is 0 Å². The number of hydrogen-bond acceptors (Lipinski definition) is 1. The van der Waals surface area contributed by atoms with Crippen molar-refractivity contribution in [1.82, 2.24) is 4.98 Å². The number of aryl methyl sites for hydroxylation is 1. The SMILES string of the molecule is Cc1ccc2[nH]cc(C(=O)CC(F)(F)F)c2c1. The van der Waals surface area contributed by atoms with Crippen LogP contribution in [0.15, 0.2) is 24.4 Å². The summed E-state index contributed by atoms with van der Waals surface area (Å²) < 4.78 is 36.4. The number of benzene rings is 1. The second kappa shape index (κ2) is 3.91. The molecule has 1 aromatic carbocycles. The average molecular weight is 241 g/mol. The monoisotopic (exact) mass is 241 g/mol. The molecule has 0 fully saturated rings. The van der Waals surface area contributed by atoms with E-state index in [1.807, 2.05) is 13.0 Å². The van der Waals surface area contributed by atoms with Gasteiger partial charge in [-0.05, 0) is 19.1 Å². The first kappa shape index (κ1) is 11.7. The van der Waals surface area contributed by atoms with Gasteiger partial charge in [-0.25, -0.2) is 0 Å². The van der Waals surface area contributed by atoms with E-state index < -0.39 is 18.4 Å². The molecule has 0 aliphatic carbocycles. The van der Waals surface area contributed by atoms with Crippen molar-refractivity contribution in [3.63, 3.8) is 0 Å². The number of carbonyl (C=O) groups excluding carboxylic acids is 1. The minimum Gasteiger partial charge on any atom is -0.360 e. The van der Waals surface area contributed by atoms with Crippen molar-refractivity contribution in [2.24, 2.45) is 0 Å². The first-order valence-electron chi connectivity index (χ1n) is 5.04. The molecule has 0 saturated carbocycles. The third-order valence-corrected chi connectivity index (χ3v) is 2.50. The molecule has 0 unspecified atom stereocenters. The molecule has 0 atom stereocenters. The molecule has 0 amide bonds. The Morgan fingerprint density at radius 2 is 2.06 bits per heavy atom. The fraction of sp³-hybridized carbons (Fsp3) is 0.250. The van der Waals surface area contributed by atoms with E-state index in [0.717, 1.165) is 5.56 Å². The molecule has 2 aromatic rings. The highest BCUT2D eigenvalue weighted by atomic mass is 19.4. The van der Waals surface area contributed by atoms with Crippen LogP contribution in [0.5, 0.6) is 0 Å². The maximum Gasteiger partial charge on any atom is 0.396 e. The predicted molar refractivity (Wildman–Crippen MR) is 58.0 cm³/mol. The zero-order valence-electron chi connectivity index (χ0n) is 9.06. The smallest absolute Gasteiger partial charge is 0.360 e. The lowest BCUT2D eigenvalue weighted by atomic mass is 10.1. The Morgan fingerprint density at radius 1 is 1.35 bits per heavy atom.